The molecule has 1 aliphatic rings. The number of pyridine rings is 1. The molecule has 0 amide bonds. The average Bonchev–Trinajstić information content (AvgIpc) is 2.43. The maximum Gasteiger partial charge on any atom is 0.131 e. The summed E-state index contributed by atoms with van der Waals surface area (Å²) in [5.41, 5.74) is 2.08. The zero-order chi connectivity index (χ0) is 10.7. The largest absolute Gasteiger partial charge is 0.224 e. The highest BCUT2D eigenvalue weighted by atomic mass is 35.5. The van der Waals surface area contributed by atoms with E-state index in [1.165, 1.54) is 0 Å². The smallest absolute Gasteiger partial charge is 0.131 e. The van der Waals surface area contributed by atoms with E-state index < -0.39 is 0 Å². The number of halogens is 2. The molecule has 0 atom stereocenters. The standard InChI is InChI=1S/C12H9Cl2N/c13-11-7-10(8-12(14)15-11)9-5-3-1-2-4-6-9/h1,3-8H,2H2. The zero-order valence-corrected chi connectivity index (χ0v) is 9.46. The first kappa shape index (κ1) is 10.5. The van der Waals surface area contributed by atoms with Gasteiger partial charge < -0.3 is 0 Å². The van der Waals surface area contributed by atoms with Gasteiger partial charge in [-0.15, -0.1) is 0 Å². The Morgan fingerprint density at radius 3 is 2.53 bits per heavy atom. The first-order chi connectivity index (χ1) is 7.25. The quantitative estimate of drug-likeness (QED) is 0.665. The fourth-order valence-electron chi connectivity index (χ4n) is 1.40. The van der Waals surface area contributed by atoms with Crippen molar-refractivity contribution in [1.82, 2.24) is 4.98 Å². The predicted octanol–water partition coefficient (Wildman–Crippen LogP) is 4.29. The molecule has 0 fully saturated rings. The van der Waals surface area contributed by atoms with E-state index >= 15 is 0 Å². The van der Waals surface area contributed by atoms with Gasteiger partial charge in [-0.2, -0.15) is 0 Å². The van der Waals surface area contributed by atoms with Crippen molar-refractivity contribution in [1.29, 1.82) is 0 Å². The fourth-order valence-corrected chi connectivity index (χ4v) is 1.86. The van der Waals surface area contributed by atoms with Gasteiger partial charge in [0, 0.05) is 0 Å². The summed E-state index contributed by atoms with van der Waals surface area (Å²) in [4.78, 5) is 3.91. The van der Waals surface area contributed by atoms with Crippen LogP contribution in [0.25, 0.3) is 5.57 Å². The molecule has 1 heterocycles. The van der Waals surface area contributed by atoms with Crippen molar-refractivity contribution in [3.05, 3.63) is 58.4 Å². The Morgan fingerprint density at radius 1 is 1.07 bits per heavy atom. The summed E-state index contributed by atoms with van der Waals surface area (Å²) in [6.45, 7) is 0. The van der Waals surface area contributed by atoms with Gasteiger partial charge in [-0.25, -0.2) is 4.98 Å². The molecular formula is C12H9Cl2N. The molecule has 0 unspecified atom stereocenters. The van der Waals surface area contributed by atoms with Crippen LogP contribution in [0.3, 0.4) is 0 Å². The fraction of sp³-hybridized carbons (Fsp3) is 0.0833. The Hall–Kier alpha value is -1.05. The second-order valence-corrected chi connectivity index (χ2v) is 3.96. The van der Waals surface area contributed by atoms with Gasteiger partial charge in [-0.3, -0.25) is 0 Å². The van der Waals surface area contributed by atoms with Crippen LogP contribution in [0.1, 0.15) is 12.0 Å². The van der Waals surface area contributed by atoms with E-state index in [2.05, 4.69) is 23.2 Å². The van der Waals surface area contributed by atoms with Crippen LogP contribution in [-0.4, -0.2) is 4.98 Å². The van der Waals surface area contributed by atoms with Gasteiger partial charge in [0.05, 0.1) is 0 Å². The van der Waals surface area contributed by atoms with E-state index in [9.17, 15) is 0 Å². The first-order valence-corrected chi connectivity index (χ1v) is 5.38. The molecule has 0 radical (unpaired) electrons. The van der Waals surface area contributed by atoms with Crippen molar-refractivity contribution in [3.63, 3.8) is 0 Å². The summed E-state index contributed by atoms with van der Waals surface area (Å²) in [6.07, 6.45) is 11.3. The Bertz CT molecular complexity index is 438. The van der Waals surface area contributed by atoms with Crippen LogP contribution < -0.4 is 0 Å². The van der Waals surface area contributed by atoms with Crippen LogP contribution in [0.4, 0.5) is 0 Å². The maximum absolute atomic E-state index is 5.85. The molecule has 0 spiro atoms. The first-order valence-electron chi connectivity index (χ1n) is 4.62. The molecule has 15 heavy (non-hydrogen) atoms. The molecule has 0 bridgehead atoms. The van der Waals surface area contributed by atoms with E-state index in [4.69, 9.17) is 23.2 Å². The molecule has 0 saturated heterocycles. The van der Waals surface area contributed by atoms with Crippen molar-refractivity contribution in [3.8, 4) is 0 Å². The number of nitrogens with zero attached hydrogens (tertiary/aromatic N) is 1. The number of allylic oxidation sites excluding steroid dienone is 6. The van der Waals surface area contributed by atoms with E-state index in [0.29, 0.717) is 10.3 Å². The van der Waals surface area contributed by atoms with Crippen molar-refractivity contribution < 1.29 is 0 Å². The number of rotatable bonds is 1. The van der Waals surface area contributed by atoms with Crippen LogP contribution >= 0.6 is 23.2 Å². The number of hydrogen-bond donors (Lipinski definition) is 0. The van der Waals surface area contributed by atoms with Crippen LogP contribution in [0.5, 0.6) is 0 Å². The highest BCUT2D eigenvalue weighted by molar-refractivity contribution is 6.32. The van der Waals surface area contributed by atoms with Gasteiger partial charge in [-0.05, 0) is 29.7 Å². The molecule has 0 aromatic carbocycles. The second-order valence-electron chi connectivity index (χ2n) is 3.19. The Morgan fingerprint density at radius 2 is 1.80 bits per heavy atom. The third-order valence-corrected chi connectivity index (χ3v) is 2.46. The molecule has 1 aliphatic carbocycles. The molecule has 0 N–H and O–H groups in total. The minimum Gasteiger partial charge on any atom is -0.224 e. The average molecular weight is 238 g/mol. The van der Waals surface area contributed by atoms with E-state index in [1.807, 2.05) is 24.3 Å². The molecule has 1 aromatic heterocycles. The van der Waals surface area contributed by atoms with Crippen LogP contribution in [-0.2, 0) is 0 Å². The third-order valence-electron chi connectivity index (χ3n) is 2.08. The summed E-state index contributed by atoms with van der Waals surface area (Å²) >= 11 is 11.7. The normalized spacial score (nSPS) is 14.9. The van der Waals surface area contributed by atoms with E-state index in [1.54, 1.807) is 0 Å². The molecule has 76 valence electrons. The van der Waals surface area contributed by atoms with Crippen molar-refractivity contribution >= 4 is 28.8 Å². The highest BCUT2D eigenvalue weighted by Crippen LogP contribution is 2.23. The van der Waals surface area contributed by atoms with Crippen molar-refractivity contribution in [2.75, 3.05) is 0 Å². The molecular weight excluding hydrogens is 229 g/mol. The molecule has 2 rings (SSSR count). The molecule has 0 saturated carbocycles. The van der Waals surface area contributed by atoms with Gasteiger partial charge in [0.1, 0.15) is 10.3 Å². The van der Waals surface area contributed by atoms with Gasteiger partial charge in [0.2, 0.25) is 0 Å². The molecule has 0 aliphatic heterocycles. The molecule has 1 nitrogen and oxygen atoms in total. The van der Waals surface area contributed by atoms with Gasteiger partial charge >= 0.3 is 0 Å². The Kier molecular flexibility index (Phi) is 3.24. The lowest BCUT2D eigenvalue weighted by molar-refractivity contribution is 1.32. The molecule has 1 aromatic rings. The maximum atomic E-state index is 5.85. The summed E-state index contributed by atoms with van der Waals surface area (Å²) in [7, 11) is 0. The van der Waals surface area contributed by atoms with Crippen molar-refractivity contribution in [2.45, 2.75) is 6.42 Å². The lowest BCUT2D eigenvalue weighted by Crippen LogP contribution is -1.84. The predicted molar refractivity (Wildman–Crippen MR) is 65.1 cm³/mol. The lowest BCUT2D eigenvalue weighted by atomic mass is 10.1. The zero-order valence-electron chi connectivity index (χ0n) is 7.95. The number of aromatic nitrogens is 1. The summed E-state index contributed by atoms with van der Waals surface area (Å²) in [6, 6.07) is 3.62. The van der Waals surface area contributed by atoms with Crippen molar-refractivity contribution in [2.24, 2.45) is 0 Å². The minimum atomic E-state index is 0.417. The second kappa shape index (κ2) is 4.65. The Balaban J connectivity index is 2.44. The Labute approximate surface area is 98.7 Å². The highest BCUT2D eigenvalue weighted by Gasteiger charge is 2.02. The third kappa shape index (κ3) is 2.71. The lowest BCUT2D eigenvalue weighted by Gasteiger charge is -2.02. The van der Waals surface area contributed by atoms with Crippen LogP contribution in [0, 0.1) is 0 Å². The van der Waals surface area contributed by atoms with Gasteiger partial charge in [0.15, 0.2) is 0 Å². The number of hydrogen-bond acceptors (Lipinski definition) is 1. The van der Waals surface area contributed by atoms with Crippen LogP contribution in [0.2, 0.25) is 10.3 Å². The SMILES string of the molecule is Clc1cc(C2=CC=CCC=C2)cc(Cl)n1. The topological polar surface area (TPSA) is 12.9 Å². The van der Waals surface area contributed by atoms with E-state index in [-0.39, 0.29) is 0 Å². The minimum absolute atomic E-state index is 0.417. The van der Waals surface area contributed by atoms with Gasteiger partial charge in [-0.1, -0.05) is 53.6 Å². The monoisotopic (exact) mass is 237 g/mol. The summed E-state index contributed by atoms with van der Waals surface area (Å²) < 4.78 is 0. The molecule has 3 heteroatoms. The summed E-state index contributed by atoms with van der Waals surface area (Å²) in [5.74, 6) is 0. The van der Waals surface area contributed by atoms with Gasteiger partial charge in [0.25, 0.3) is 0 Å². The van der Waals surface area contributed by atoms with Crippen LogP contribution in [0.15, 0.2) is 42.5 Å². The summed E-state index contributed by atoms with van der Waals surface area (Å²) in [5, 5.41) is 0.833. The van der Waals surface area contributed by atoms with E-state index in [0.717, 1.165) is 17.6 Å².